The van der Waals surface area contributed by atoms with Crippen molar-refractivity contribution < 1.29 is 15.0 Å². The first-order chi connectivity index (χ1) is 13.1. The Bertz CT molecular complexity index is 760. The van der Waals surface area contributed by atoms with Crippen LogP contribution >= 0.6 is 0 Å². The van der Waals surface area contributed by atoms with Crippen molar-refractivity contribution in [2.24, 2.45) is 0 Å². The Morgan fingerprint density at radius 3 is 2.00 bits per heavy atom. The average molecular weight is 384 g/mol. The van der Waals surface area contributed by atoms with Gasteiger partial charge in [-0.25, -0.2) is 4.98 Å². The van der Waals surface area contributed by atoms with Gasteiger partial charge in [0.15, 0.2) is 0 Å². The number of piperazine rings is 1. The summed E-state index contributed by atoms with van der Waals surface area (Å²) >= 11 is 0. The molecular weight excluding hydrogens is 346 g/mol. The van der Waals surface area contributed by atoms with Crippen LogP contribution in [-0.2, 0) is 17.4 Å². The second-order valence-electron chi connectivity index (χ2n) is 10.2. The lowest BCUT2D eigenvalue weighted by Crippen LogP contribution is -3.13. The van der Waals surface area contributed by atoms with Gasteiger partial charge in [0, 0.05) is 22.8 Å². The fourth-order valence-corrected chi connectivity index (χ4v) is 4.05. The number of hydrogen-bond donors (Lipinski definition) is 2. The average Bonchev–Trinajstić information content (AvgIpc) is 2.62. The number of aromatic hydroxyl groups is 1. The van der Waals surface area contributed by atoms with Gasteiger partial charge >= 0.3 is 0 Å². The highest BCUT2D eigenvalue weighted by atomic mass is 16.3. The molecule has 0 radical (unpaired) electrons. The van der Waals surface area contributed by atoms with E-state index in [9.17, 15) is 5.11 Å². The number of hydrogen-bond acceptors (Lipinski definition) is 2. The van der Waals surface area contributed by atoms with Crippen molar-refractivity contribution in [2.45, 2.75) is 58.9 Å². The third-order valence-electron chi connectivity index (χ3n) is 5.74. The van der Waals surface area contributed by atoms with Crippen LogP contribution in [0.4, 0.5) is 5.82 Å². The van der Waals surface area contributed by atoms with E-state index >= 15 is 0 Å². The highest BCUT2D eigenvalue weighted by molar-refractivity contribution is 5.49. The quantitative estimate of drug-likeness (QED) is 0.856. The molecule has 2 aromatic rings. The molecule has 0 saturated carbocycles. The number of quaternary nitrogens is 1. The van der Waals surface area contributed by atoms with Crippen molar-refractivity contribution in [3.8, 4) is 5.75 Å². The molecule has 0 bridgehead atoms. The summed E-state index contributed by atoms with van der Waals surface area (Å²) in [5.41, 5.74) is 3.32. The Morgan fingerprint density at radius 2 is 1.54 bits per heavy atom. The van der Waals surface area contributed by atoms with E-state index in [1.54, 1.807) is 4.90 Å². The third-order valence-corrected chi connectivity index (χ3v) is 5.74. The van der Waals surface area contributed by atoms with Crippen LogP contribution in [0.25, 0.3) is 0 Å². The van der Waals surface area contributed by atoms with E-state index < -0.39 is 0 Å². The molecule has 2 heterocycles. The van der Waals surface area contributed by atoms with E-state index in [1.165, 1.54) is 11.4 Å². The van der Waals surface area contributed by atoms with Gasteiger partial charge in [0.1, 0.15) is 38.5 Å². The lowest BCUT2D eigenvalue weighted by atomic mass is 9.78. The number of phenolic OH excluding ortho intramolecular Hbond substituents is 1. The summed E-state index contributed by atoms with van der Waals surface area (Å²) in [4.78, 5) is 7.39. The molecule has 4 nitrogen and oxygen atoms in total. The van der Waals surface area contributed by atoms with Crippen molar-refractivity contribution in [3.05, 3.63) is 53.2 Å². The second kappa shape index (κ2) is 7.75. The minimum absolute atomic E-state index is 0.0722. The molecule has 0 aliphatic carbocycles. The summed E-state index contributed by atoms with van der Waals surface area (Å²) in [7, 11) is 0. The Labute approximate surface area is 170 Å². The zero-order chi connectivity index (χ0) is 20.5. The van der Waals surface area contributed by atoms with Crippen LogP contribution in [0.3, 0.4) is 0 Å². The molecule has 1 aliphatic heterocycles. The summed E-state index contributed by atoms with van der Waals surface area (Å²) < 4.78 is 0. The van der Waals surface area contributed by atoms with E-state index in [0.717, 1.165) is 43.9 Å². The minimum atomic E-state index is -0.0722. The van der Waals surface area contributed by atoms with Crippen LogP contribution in [-0.4, -0.2) is 31.3 Å². The number of nitrogens with zero attached hydrogens (tertiary/aromatic N) is 1. The van der Waals surface area contributed by atoms with Crippen molar-refractivity contribution >= 4 is 5.82 Å². The largest absolute Gasteiger partial charge is 0.507 e. The first-order valence-electron chi connectivity index (χ1n) is 10.5. The summed E-state index contributed by atoms with van der Waals surface area (Å²) in [6.07, 6.45) is 1.99. The highest BCUT2D eigenvalue weighted by Crippen LogP contribution is 2.39. The lowest BCUT2D eigenvalue weighted by Gasteiger charge is -2.31. The van der Waals surface area contributed by atoms with E-state index in [2.05, 4.69) is 75.7 Å². The number of rotatable bonds is 3. The number of phenols is 1. The molecule has 1 saturated heterocycles. The molecule has 1 aromatic heterocycles. The van der Waals surface area contributed by atoms with Gasteiger partial charge < -0.3 is 10.0 Å². The number of nitrogens with one attached hydrogen (secondary N) is 2. The monoisotopic (exact) mass is 383 g/mol. The molecule has 0 atom stereocenters. The predicted octanol–water partition coefficient (Wildman–Crippen LogP) is 2.71. The minimum Gasteiger partial charge on any atom is -0.507 e. The number of benzene rings is 1. The van der Waals surface area contributed by atoms with Crippen LogP contribution in [0.2, 0.25) is 0 Å². The van der Waals surface area contributed by atoms with Gasteiger partial charge in [0.05, 0.1) is 6.20 Å². The zero-order valence-electron chi connectivity index (χ0n) is 18.4. The topological polar surface area (TPSA) is 42.0 Å². The molecule has 3 rings (SSSR count). The maximum absolute atomic E-state index is 10.9. The van der Waals surface area contributed by atoms with Crippen LogP contribution < -0.4 is 14.8 Å². The summed E-state index contributed by atoms with van der Waals surface area (Å²) in [6, 6.07) is 10.7. The number of H-pyrrole nitrogens is 1. The molecular formula is C24H37N3O+2. The molecule has 1 fully saturated rings. The predicted molar refractivity (Wildman–Crippen MR) is 115 cm³/mol. The first kappa shape index (κ1) is 20.7. The Hall–Kier alpha value is -2.07. The molecule has 3 N–H and O–H groups in total. The molecule has 28 heavy (non-hydrogen) atoms. The molecule has 0 spiro atoms. The number of anilines is 1. The van der Waals surface area contributed by atoms with Crippen LogP contribution in [0.15, 0.2) is 36.5 Å². The molecule has 1 aliphatic rings. The smallest absolute Gasteiger partial charge is 0.274 e. The molecule has 0 amide bonds. The maximum atomic E-state index is 10.9. The second-order valence-corrected chi connectivity index (χ2v) is 10.2. The van der Waals surface area contributed by atoms with Crippen LogP contribution in [0.1, 0.15) is 58.2 Å². The van der Waals surface area contributed by atoms with Gasteiger partial charge in [-0.05, 0) is 29.0 Å². The van der Waals surface area contributed by atoms with Gasteiger partial charge in [0.25, 0.3) is 5.82 Å². The van der Waals surface area contributed by atoms with Gasteiger partial charge in [-0.3, -0.25) is 4.90 Å². The van der Waals surface area contributed by atoms with E-state index in [-0.39, 0.29) is 10.8 Å². The van der Waals surface area contributed by atoms with Crippen molar-refractivity contribution in [2.75, 3.05) is 31.1 Å². The third kappa shape index (κ3) is 4.67. The number of aromatic nitrogens is 1. The van der Waals surface area contributed by atoms with E-state index in [4.69, 9.17) is 0 Å². The first-order valence-corrected chi connectivity index (χ1v) is 10.5. The summed E-state index contributed by atoms with van der Waals surface area (Å²) in [5, 5.41) is 10.9. The Balaban J connectivity index is 1.77. The fourth-order valence-electron chi connectivity index (χ4n) is 4.05. The fraction of sp³-hybridized carbons (Fsp3) is 0.542. The van der Waals surface area contributed by atoms with Gasteiger partial charge in [0.2, 0.25) is 0 Å². The zero-order valence-corrected chi connectivity index (χ0v) is 18.4. The van der Waals surface area contributed by atoms with Crippen LogP contribution in [0, 0.1) is 0 Å². The molecule has 152 valence electrons. The van der Waals surface area contributed by atoms with Gasteiger partial charge in [-0.2, -0.15) is 0 Å². The highest BCUT2D eigenvalue weighted by Gasteiger charge is 2.29. The maximum Gasteiger partial charge on any atom is 0.274 e. The molecule has 4 heteroatoms. The SMILES string of the molecule is CC(C)(C)c1cc(C[NH+]2CCN(c3cccc[nH+]3)CC2)cc(C(C)(C)C)c1O. The number of aromatic amines is 1. The van der Waals surface area contributed by atoms with Crippen molar-refractivity contribution in [1.29, 1.82) is 0 Å². The van der Waals surface area contributed by atoms with E-state index in [0.29, 0.717) is 5.75 Å². The van der Waals surface area contributed by atoms with Gasteiger partial charge in [-0.15, -0.1) is 0 Å². The van der Waals surface area contributed by atoms with Crippen molar-refractivity contribution in [1.82, 2.24) is 0 Å². The molecule has 1 aromatic carbocycles. The number of pyridine rings is 1. The summed E-state index contributed by atoms with van der Waals surface area (Å²) in [5.74, 6) is 1.68. The Kier molecular flexibility index (Phi) is 5.72. The molecule has 0 unspecified atom stereocenters. The van der Waals surface area contributed by atoms with Gasteiger partial charge in [-0.1, -0.05) is 47.6 Å². The lowest BCUT2D eigenvalue weighted by molar-refractivity contribution is -0.914. The van der Waals surface area contributed by atoms with E-state index in [1.807, 2.05) is 12.3 Å². The van der Waals surface area contributed by atoms with Crippen LogP contribution in [0.5, 0.6) is 5.75 Å². The Morgan fingerprint density at radius 1 is 0.964 bits per heavy atom. The standard InChI is InChI=1S/C24H35N3O/c1-23(2,3)19-15-18(16-20(22(19)28)24(4,5)6)17-26-11-13-27(14-12-26)21-9-7-8-10-25-21/h7-10,15-16,28H,11-14,17H2,1-6H3/p+2. The summed E-state index contributed by atoms with van der Waals surface area (Å²) in [6.45, 7) is 18.5. The normalized spacial score (nSPS) is 16.4. The van der Waals surface area contributed by atoms with Crippen molar-refractivity contribution in [3.63, 3.8) is 0 Å².